The van der Waals surface area contributed by atoms with Crippen LogP contribution in [0.5, 0.6) is 0 Å². The molecule has 0 spiro atoms. The first-order valence-electron chi connectivity index (χ1n) is 7.52. The Balaban J connectivity index is 4.65. The molecule has 0 aliphatic rings. The van der Waals surface area contributed by atoms with Crippen molar-refractivity contribution in [3.63, 3.8) is 0 Å². The van der Waals surface area contributed by atoms with E-state index in [1.807, 2.05) is 0 Å². The molecule has 0 bridgehead atoms. The van der Waals surface area contributed by atoms with Crippen molar-refractivity contribution in [1.82, 2.24) is 0 Å². The van der Waals surface area contributed by atoms with Gasteiger partial charge in [0, 0.05) is 41.3 Å². The predicted octanol–water partition coefficient (Wildman–Crippen LogP) is 3.14. The highest BCUT2D eigenvalue weighted by Crippen LogP contribution is 2.22. The lowest BCUT2D eigenvalue weighted by atomic mass is 9.93. The van der Waals surface area contributed by atoms with Crippen molar-refractivity contribution in [3.05, 3.63) is 0 Å². The van der Waals surface area contributed by atoms with Crippen molar-refractivity contribution >= 4 is 0 Å². The van der Waals surface area contributed by atoms with Crippen LogP contribution in [0.4, 0.5) is 0 Å². The molecule has 0 aliphatic carbocycles. The van der Waals surface area contributed by atoms with Gasteiger partial charge in [0.2, 0.25) is 0 Å². The van der Waals surface area contributed by atoms with Gasteiger partial charge in [0.1, 0.15) is 0 Å². The third kappa shape index (κ3) is 6.53. The van der Waals surface area contributed by atoms with Crippen molar-refractivity contribution in [2.24, 2.45) is 11.8 Å². The maximum Gasteiger partial charge on any atom is 0.0859 e. The highest BCUT2D eigenvalue weighted by atomic mass is 16.5. The van der Waals surface area contributed by atoms with Gasteiger partial charge in [0.15, 0.2) is 0 Å². The highest BCUT2D eigenvalue weighted by Gasteiger charge is 2.29. The molecule has 0 aromatic carbocycles. The molecule has 0 amide bonds. The first kappa shape index (κ1) is 19.8. The van der Waals surface area contributed by atoms with Crippen LogP contribution < -0.4 is 0 Å². The van der Waals surface area contributed by atoms with Crippen molar-refractivity contribution in [1.29, 1.82) is 0 Å². The molecule has 4 heteroatoms. The lowest BCUT2D eigenvalue weighted by molar-refractivity contribution is -0.0877. The van der Waals surface area contributed by atoms with Crippen LogP contribution in [-0.2, 0) is 18.9 Å². The van der Waals surface area contributed by atoms with E-state index in [0.717, 1.165) is 12.8 Å². The Hall–Kier alpha value is -0.160. The molecule has 20 heavy (non-hydrogen) atoms. The molecule has 0 aromatic rings. The van der Waals surface area contributed by atoms with Crippen LogP contribution in [0.1, 0.15) is 40.5 Å². The van der Waals surface area contributed by atoms with Gasteiger partial charge in [-0.2, -0.15) is 0 Å². The van der Waals surface area contributed by atoms with Gasteiger partial charge in [-0.1, -0.05) is 27.7 Å². The van der Waals surface area contributed by atoms with E-state index in [0.29, 0.717) is 11.8 Å². The van der Waals surface area contributed by atoms with E-state index in [1.165, 1.54) is 0 Å². The molecule has 0 N–H and O–H groups in total. The fourth-order valence-corrected chi connectivity index (χ4v) is 2.67. The van der Waals surface area contributed by atoms with Gasteiger partial charge in [-0.05, 0) is 11.8 Å². The van der Waals surface area contributed by atoms with E-state index in [1.54, 1.807) is 28.4 Å². The topological polar surface area (TPSA) is 36.9 Å². The van der Waals surface area contributed by atoms with E-state index >= 15 is 0 Å². The minimum absolute atomic E-state index is 0.0367. The van der Waals surface area contributed by atoms with Gasteiger partial charge in [0.25, 0.3) is 0 Å². The Labute approximate surface area is 125 Å². The molecule has 0 heterocycles. The fourth-order valence-electron chi connectivity index (χ4n) is 2.67. The fraction of sp³-hybridized carbons (Fsp3) is 1.00. The molecule has 0 rings (SSSR count). The van der Waals surface area contributed by atoms with Crippen LogP contribution in [0.2, 0.25) is 0 Å². The molecule has 4 unspecified atom stereocenters. The molecule has 122 valence electrons. The number of rotatable bonds is 11. The van der Waals surface area contributed by atoms with Crippen LogP contribution in [0.3, 0.4) is 0 Å². The molecule has 0 radical (unpaired) electrons. The minimum Gasteiger partial charge on any atom is -0.381 e. The smallest absolute Gasteiger partial charge is 0.0859 e. The summed E-state index contributed by atoms with van der Waals surface area (Å²) in [6, 6.07) is 0. The third-order valence-corrected chi connectivity index (χ3v) is 3.97. The standard InChI is InChI=1S/C16H34O4/c1-11(2)14(18-6)9-13(17-5)10-15(19-7)16(20-8)12(3)4/h11-16H,9-10H2,1-8H3. The number of hydrogen-bond donors (Lipinski definition) is 0. The SMILES string of the molecule is COC(CC(OC)C(C)C)CC(OC)C(OC)C(C)C. The summed E-state index contributed by atoms with van der Waals surface area (Å²) in [7, 11) is 6.99. The highest BCUT2D eigenvalue weighted by molar-refractivity contribution is 4.79. The normalized spacial score (nSPS) is 18.3. The van der Waals surface area contributed by atoms with Crippen molar-refractivity contribution in [3.8, 4) is 0 Å². The largest absolute Gasteiger partial charge is 0.381 e. The number of ether oxygens (including phenoxy) is 4. The lowest BCUT2D eigenvalue weighted by Gasteiger charge is -2.32. The molecule has 0 saturated heterocycles. The van der Waals surface area contributed by atoms with Gasteiger partial charge in [0.05, 0.1) is 24.4 Å². The second kappa shape index (κ2) is 10.6. The second-order valence-electron chi connectivity index (χ2n) is 6.07. The zero-order chi connectivity index (χ0) is 15.7. The summed E-state index contributed by atoms with van der Waals surface area (Å²) in [5.41, 5.74) is 0. The van der Waals surface area contributed by atoms with Crippen molar-refractivity contribution in [2.45, 2.75) is 65.0 Å². The van der Waals surface area contributed by atoms with Crippen LogP contribution in [0, 0.1) is 11.8 Å². The quantitative estimate of drug-likeness (QED) is 0.586. The van der Waals surface area contributed by atoms with Crippen LogP contribution >= 0.6 is 0 Å². The summed E-state index contributed by atoms with van der Waals surface area (Å²) in [5, 5.41) is 0. The van der Waals surface area contributed by atoms with E-state index in [9.17, 15) is 0 Å². The average Bonchev–Trinajstić information content (AvgIpc) is 2.41. The van der Waals surface area contributed by atoms with Gasteiger partial charge in [-0.25, -0.2) is 0 Å². The van der Waals surface area contributed by atoms with Gasteiger partial charge >= 0.3 is 0 Å². The zero-order valence-electron chi connectivity index (χ0n) is 14.5. The number of methoxy groups -OCH3 is 4. The summed E-state index contributed by atoms with van der Waals surface area (Å²) in [5.74, 6) is 0.882. The molecule has 0 aromatic heterocycles. The van der Waals surface area contributed by atoms with Crippen molar-refractivity contribution < 1.29 is 18.9 Å². The molecule has 0 saturated carbocycles. The van der Waals surface area contributed by atoms with Crippen LogP contribution in [0.15, 0.2) is 0 Å². The molecule has 0 fully saturated rings. The van der Waals surface area contributed by atoms with E-state index in [2.05, 4.69) is 27.7 Å². The maximum atomic E-state index is 5.63. The molecular formula is C16H34O4. The van der Waals surface area contributed by atoms with Gasteiger partial charge < -0.3 is 18.9 Å². The Morgan fingerprint density at radius 1 is 0.600 bits per heavy atom. The lowest BCUT2D eigenvalue weighted by Crippen LogP contribution is -2.38. The Morgan fingerprint density at radius 2 is 1.10 bits per heavy atom. The second-order valence-corrected chi connectivity index (χ2v) is 6.07. The van der Waals surface area contributed by atoms with Crippen LogP contribution in [0.25, 0.3) is 0 Å². The number of hydrogen-bond acceptors (Lipinski definition) is 4. The predicted molar refractivity (Wildman–Crippen MR) is 82.1 cm³/mol. The molecular weight excluding hydrogens is 256 g/mol. The summed E-state index contributed by atoms with van der Waals surface area (Å²) >= 11 is 0. The molecule has 4 atom stereocenters. The third-order valence-electron chi connectivity index (χ3n) is 3.97. The first-order chi connectivity index (χ1) is 9.40. The summed E-state index contributed by atoms with van der Waals surface area (Å²) < 4.78 is 22.4. The first-order valence-corrected chi connectivity index (χ1v) is 7.52. The summed E-state index contributed by atoms with van der Waals surface area (Å²) in [6.45, 7) is 8.63. The van der Waals surface area contributed by atoms with Crippen LogP contribution in [-0.4, -0.2) is 52.9 Å². The maximum absolute atomic E-state index is 5.63. The summed E-state index contributed by atoms with van der Waals surface area (Å²) in [6.07, 6.45) is 2.13. The Morgan fingerprint density at radius 3 is 1.40 bits per heavy atom. The minimum atomic E-state index is 0.0367. The average molecular weight is 290 g/mol. The molecule has 0 aliphatic heterocycles. The molecule has 4 nitrogen and oxygen atoms in total. The van der Waals surface area contributed by atoms with E-state index in [4.69, 9.17) is 18.9 Å². The summed E-state index contributed by atoms with van der Waals surface area (Å²) in [4.78, 5) is 0. The Kier molecular flexibility index (Phi) is 10.5. The van der Waals surface area contributed by atoms with E-state index < -0.39 is 0 Å². The zero-order valence-corrected chi connectivity index (χ0v) is 14.5. The van der Waals surface area contributed by atoms with Gasteiger partial charge in [-0.3, -0.25) is 0 Å². The van der Waals surface area contributed by atoms with Gasteiger partial charge in [-0.15, -0.1) is 0 Å². The van der Waals surface area contributed by atoms with Crippen molar-refractivity contribution in [2.75, 3.05) is 28.4 Å². The monoisotopic (exact) mass is 290 g/mol. The Bertz CT molecular complexity index is 231. The van der Waals surface area contributed by atoms with E-state index in [-0.39, 0.29) is 24.4 Å².